The van der Waals surface area contributed by atoms with Gasteiger partial charge < -0.3 is 5.73 Å². The molecule has 3 N–H and O–H groups in total. The van der Waals surface area contributed by atoms with E-state index in [0.717, 1.165) is 6.26 Å². The summed E-state index contributed by atoms with van der Waals surface area (Å²) in [7, 11) is -3.05. The number of nitrogens with two attached hydrogens (primary N) is 1. The lowest BCUT2D eigenvalue weighted by Gasteiger charge is -1.91. The highest BCUT2D eigenvalue weighted by Crippen LogP contribution is 1.65. The Labute approximate surface area is 42.8 Å². The van der Waals surface area contributed by atoms with Gasteiger partial charge >= 0.3 is 0 Å². The van der Waals surface area contributed by atoms with E-state index in [1.165, 1.54) is 0 Å². The van der Waals surface area contributed by atoms with Crippen LogP contribution in [0.5, 0.6) is 0 Å². The van der Waals surface area contributed by atoms with Gasteiger partial charge in [-0.1, -0.05) is 0 Å². The molecule has 0 atom stereocenters. The standard InChI is InChI=1S/C2H8N2O2S/c1-7(5,6)4-2-3/h4H,2-3H2,1H3. The van der Waals surface area contributed by atoms with E-state index in [-0.39, 0.29) is 6.67 Å². The first-order valence-electron chi connectivity index (χ1n) is 1.71. The number of rotatable bonds is 2. The maximum atomic E-state index is 10.0. The lowest BCUT2D eigenvalue weighted by atomic mass is 11.3. The first-order valence-corrected chi connectivity index (χ1v) is 3.60. The Morgan fingerprint density at radius 2 is 2.14 bits per heavy atom. The van der Waals surface area contributed by atoms with Crippen LogP contribution in [0, 0.1) is 0 Å². The molecular formula is C2H8N2O2S. The van der Waals surface area contributed by atoms with Crippen molar-refractivity contribution in [2.24, 2.45) is 5.73 Å². The zero-order valence-corrected chi connectivity index (χ0v) is 4.83. The van der Waals surface area contributed by atoms with Crippen LogP contribution >= 0.6 is 0 Å². The van der Waals surface area contributed by atoms with Crippen molar-refractivity contribution in [3.05, 3.63) is 0 Å². The zero-order chi connectivity index (χ0) is 5.91. The Morgan fingerprint density at radius 1 is 1.71 bits per heavy atom. The van der Waals surface area contributed by atoms with Crippen LogP contribution in [-0.2, 0) is 10.0 Å². The minimum absolute atomic E-state index is 0.0289. The summed E-state index contributed by atoms with van der Waals surface area (Å²) in [4.78, 5) is 0. The van der Waals surface area contributed by atoms with Gasteiger partial charge in [-0.05, 0) is 0 Å². The molecule has 0 bridgehead atoms. The predicted molar refractivity (Wildman–Crippen MR) is 27.0 cm³/mol. The smallest absolute Gasteiger partial charge is 0.209 e. The fourth-order valence-corrected chi connectivity index (χ4v) is 0.454. The molecule has 5 heteroatoms. The monoisotopic (exact) mass is 124 g/mol. The molecule has 7 heavy (non-hydrogen) atoms. The number of nitrogens with one attached hydrogen (secondary N) is 1. The summed E-state index contributed by atoms with van der Waals surface area (Å²) in [6.07, 6.45) is 1.06. The van der Waals surface area contributed by atoms with Crippen LogP contribution in [0.4, 0.5) is 0 Å². The van der Waals surface area contributed by atoms with Gasteiger partial charge in [0.1, 0.15) is 0 Å². The molecule has 0 radical (unpaired) electrons. The van der Waals surface area contributed by atoms with E-state index < -0.39 is 10.0 Å². The molecular weight excluding hydrogens is 116 g/mol. The van der Waals surface area contributed by atoms with Gasteiger partial charge in [-0.3, -0.25) is 0 Å². The third kappa shape index (κ3) is 5.87. The van der Waals surface area contributed by atoms with E-state index in [0.29, 0.717) is 0 Å². The molecule has 0 aromatic heterocycles. The first-order chi connectivity index (χ1) is 3.06. The van der Waals surface area contributed by atoms with Crippen LogP contribution in [0.15, 0.2) is 0 Å². The Hall–Kier alpha value is -0.130. The fourth-order valence-electron chi connectivity index (χ4n) is 0.151. The normalized spacial score (nSPS) is 11.7. The van der Waals surface area contributed by atoms with Gasteiger partial charge in [0.25, 0.3) is 0 Å². The molecule has 0 aliphatic heterocycles. The van der Waals surface area contributed by atoms with E-state index in [9.17, 15) is 8.42 Å². The summed E-state index contributed by atoms with van der Waals surface area (Å²) in [6, 6.07) is 0. The molecule has 0 spiro atoms. The van der Waals surface area contributed by atoms with E-state index in [1.807, 2.05) is 4.72 Å². The Balaban J connectivity index is 3.60. The van der Waals surface area contributed by atoms with Gasteiger partial charge in [-0.15, -0.1) is 0 Å². The second-order valence-electron chi connectivity index (χ2n) is 1.12. The largest absolute Gasteiger partial charge is 0.318 e. The van der Waals surface area contributed by atoms with Gasteiger partial charge in [0.05, 0.1) is 12.9 Å². The highest BCUT2D eigenvalue weighted by atomic mass is 32.2. The molecule has 0 fully saturated rings. The lowest BCUT2D eigenvalue weighted by Crippen LogP contribution is -2.27. The first kappa shape index (κ1) is 6.87. The third-order valence-electron chi connectivity index (χ3n) is 0.346. The number of hydrogen-bond acceptors (Lipinski definition) is 3. The molecule has 0 aliphatic rings. The predicted octanol–water partition coefficient (Wildman–Crippen LogP) is -1.55. The van der Waals surface area contributed by atoms with Crippen molar-refractivity contribution >= 4 is 10.0 Å². The third-order valence-corrected chi connectivity index (χ3v) is 1.04. The van der Waals surface area contributed by atoms with Crippen molar-refractivity contribution in [1.82, 2.24) is 4.72 Å². The summed E-state index contributed by atoms with van der Waals surface area (Å²) in [5.41, 5.74) is 4.82. The van der Waals surface area contributed by atoms with Crippen LogP contribution in [0.25, 0.3) is 0 Å². The number of hydrogen-bond donors (Lipinski definition) is 2. The molecule has 0 heterocycles. The average Bonchev–Trinajstić information content (AvgIpc) is 1.30. The summed E-state index contributed by atoms with van der Waals surface area (Å²) < 4.78 is 22.1. The van der Waals surface area contributed by atoms with Crippen molar-refractivity contribution in [1.29, 1.82) is 0 Å². The average molecular weight is 124 g/mol. The molecule has 0 unspecified atom stereocenters. The van der Waals surface area contributed by atoms with Crippen molar-refractivity contribution < 1.29 is 8.42 Å². The molecule has 44 valence electrons. The lowest BCUT2D eigenvalue weighted by molar-refractivity contribution is 0.589. The highest BCUT2D eigenvalue weighted by molar-refractivity contribution is 7.88. The molecule has 0 saturated carbocycles. The summed E-state index contributed by atoms with van der Waals surface area (Å²) >= 11 is 0. The molecule has 0 aromatic carbocycles. The Morgan fingerprint density at radius 3 is 2.14 bits per heavy atom. The van der Waals surface area contributed by atoms with E-state index in [1.54, 1.807) is 0 Å². The van der Waals surface area contributed by atoms with Crippen LogP contribution in [0.2, 0.25) is 0 Å². The van der Waals surface area contributed by atoms with Gasteiger partial charge in [0, 0.05) is 0 Å². The Kier molecular flexibility index (Phi) is 2.21. The van der Waals surface area contributed by atoms with Crippen molar-refractivity contribution in [3.63, 3.8) is 0 Å². The van der Waals surface area contributed by atoms with Gasteiger partial charge in [-0.25, -0.2) is 13.1 Å². The second kappa shape index (κ2) is 2.25. The van der Waals surface area contributed by atoms with Gasteiger partial charge in [0.2, 0.25) is 10.0 Å². The summed E-state index contributed by atoms with van der Waals surface area (Å²) in [6.45, 7) is -0.0289. The van der Waals surface area contributed by atoms with Gasteiger partial charge in [-0.2, -0.15) is 0 Å². The van der Waals surface area contributed by atoms with Crippen LogP contribution in [-0.4, -0.2) is 21.3 Å². The van der Waals surface area contributed by atoms with E-state index in [2.05, 4.69) is 0 Å². The summed E-state index contributed by atoms with van der Waals surface area (Å²) in [5, 5.41) is 0. The maximum Gasteiger partial charge on any atom is 0.209 e. The summed E-state index contributed by atoms with van der Waals surface area (Å²) in [5.74, 6) is 0. The van der Waals surface area contributed by atoms with Crippen LogP contribution in [0.3, 0.4) is 0 Å². The van der Waals surface area contributed by atoms with Crippen molar-refractivity contribution in [2.45, 2.75) is 0 Å². The Bertz CT molecular complexity index is 127. The van der Waals surface area contributed by atoms with Crippen molar-refractivity contribution in [3.8, 4) is 0 Å². The highest BCUT2D eigenvalue weighted by Gasteiger charge is 1.92. The van der Waals surface area contributed by atoms with E-state index in [4.69, 9.17) is 5.73 Å². The second-order valence-corrected chi connectivity index (χ2v) is 2.95. The maximum absolute atomic E-state index is 10.0. The zero-order valence-electron chi connectivity index (χ0n) is 4.01. The topological polar surface area (TPSA) is 72.2 Å². The minimum atomic E-state index is -3.05. The molecule has 0 aliphatic carbocycles. The van der Waals surface area contributed by atoms with Crippen LogP contribution < -0.4 is 10.5 Å². The molecule has 0 amide bonds. The molecule has 4 nitrogen and oxygen atoms in total. The SMILES string of the molecule is CS(=O)(=O)NCN. The van der Waals surface area contributed by atoms with Crippen molar-refractivity contribution in [2.75, 3.05) is 12.9 Å². The minimum Gasteiger partial charge on any atom is -0.318 e. The fraction of sp³-hybridized carbons (Fsp3) is 1.00. The van der Waals surface area contributed by atoms with E-state index >= 15 is 0 Å². The van der Waals surface area contributed by atoms with Gasteiger partial charge in [0.15, 0.2) is 0 Å². The molecule has 0 saturated heterocycles. The molecule has 0 rings (SSSR count). The van der Waals surface area contributed by atoms with Crippen LogP contribution in [0.1, 0.15) is 0 Å². The quantitative estimate of drug-likeness (QED) is 0.438. The molecule has 0 aromatic rings. The number of sulfonamides is 1.